The maximum Gasteiger partial charge on any atom is 0.231 e. The van der Waals surface area contributed by atoms with Crippen molar-refractivity contribution in [3.63, 3.8) is 0 Å². The van der Waals surface area contributed by atoms with Gasteiger partial charge in [-0.1, -0.05) is 18.2 Å². The molecule has 0 radical (unpaired) electrons. The number of hydrogen-bond donors (Lipinski definition) is 2. The molecule has 1 aliphatic rings. The number of benzene rings is 2. The molecule has 0 spiro atoms. The van der Waals surface area contributed by atoms with Crippen LogP contribution in [-0.2, 0) is 13.0 Å². The molecule has 4 rings (SSSR count). The van der Waals surface area contributed by atoms with Gasteiger partial charge in [0.1, 0.15) is 23.7 Å². The molecule has 0 amide bonds. The lowest BCUT2D eigenvalue weighted by atomic mass is 10.1. The summed E-state index contributed by atoms with van der Waals surface area (Å²) >= 11 is 0. The van der Waals surface area contributed by atoms with Gasteiger partial charge in [0.15, 0.2) is 11.5 Å². The molecule has 0 saturated carbocycles. The fourth-order valence-corrected chi connectivity index (χ4v) is 2.92. The molecular formula is C21H22N4O3. The molecule has 7 heteroatoms. The van der Waals surface area contributed by atoms with Crippen LogP contribution in [0, 0.1) is 0 Å². The monoisotopic (exact) mass is 378 g/mol. The summed E-state index contributed by atoms with van der Waals surface area (Å²) in [7, 11) is 1.67. The second kappa shape index (κ2) is 8.47. The van der Waals surface area contributed by atoms with Crippen molar-refractivity contribution in [1.82, 2.24) is 9.97 Å². The molecule has 28 heavy (non-hydrogen) atoms. The lowest BCUT2D eigenvalue weighted by molar-refractivity contribution is 0.174. The quantitative estimate of drug-likeness (QED) is 0.621. The first kappa shape index (κ1) is 17.9. The predicted octanol–water partition coefficient (Wildman–Crippen LogP) is 3.48. The van der Waals surface area contributed by atoms with Gasteiger partial charge in [-0.05, 0) is 41.8 Å². The Morgan fingerprint density at radius 2 is 1.64 bits per heavy atom. The van der Waals surface area contributed by atoms with Crippen molar-refractivity contribution in [2.75, 3.05) is 31.1 Å². The van der Waals surface area contributed by atoms with E-state index >= 15 is 0 Å². The maximum atomic E-state index is 5.41. The molecule has 144 valence electrons. The highest BCUT2D eigenvalue weighted by Crippen LogP contribution is 2.32. The van der Waals surface area contributed by atoms with Crippen LogP contribution in [0.1, 0.15) is 11.1 Å². The van der Waals surface area contributed by atoms with Crippen molar-refractivity contribution in [2.24, 2.45) is 0 Å². The van der Waals surface area contributed by atoms with E-state index in [-0.39, 0.29) is 6.79 Å². The van der Waals surface area contributed by atoms with Crippen LogP contribution >= 0.6 is 0 Å². The first-order valence-corrected chi connectivity index (χ1v) is 9.11. The molecule has 0 atom stereocenters. The second-order valence-corrected chi connectivity index (χ2v) is 6.35. The third kappa shape index (κ3) is 4.43. The Kier molecular flexibility index (Phi) is 5.42. The normalized spacial score (nSPS) is 11.9. The largest absolute Gasteiger partial charge is 0.497 e. The topological polar surface area (TPSA) is 77.5 Å². The van der Waals surface area contributed by atoms with Gasteiger partial charge < -0.3 is 24.8 Å². The van der Waals surface area contributed by atoms with Crippen LogP contribution in [0.3, 0.4) is 0 Å². The number of ether oxygens (including phenoxy) is 3. The van der Waals surface area contributed by atoms with E-state index in [0.717, 1.165) is 47.4 Å². The zero-order valence-corrected chi connectivity index (χ0v) is 15.6. The van der Waals surface area contributed by atoms with E-state index in [2.05, 4.69) is 32.7 Å². The van der Waals surface area contributed by atoms with Crippen molar-refractivity contribution in [3.8, 4) is 17.2 Å². The zero-order valence-electron chi connectivity index (χ0n) is 15.6. The number of hydrogen-bond acceptors (Lipinski definition) is 7. The van der Waals surface area contributed by atoms with Crippen LogP contribution in [0.2, 0.25) is 0 Å². The second-order valence-electron chi connectivity index (χ2n) is 6.35. The van der Waals surface area contributed by atoms with Crippen molar-refractivity contribution in [3.05, 3.63) is 66.0 Å². The third-order valence-electron chi connectivity index (χ3n) is 4.46. The van der Waals surface area contributed by atoms with Gasteiger partial charge in [0.05, 0.1) is 7.11 Å². The summed E-state index contributed by atoms with van der Waals surface area (Å²) in [5.41, 5.74) is 2.33. The van der Waals surface area contributed by atoms with Gasteiger partial charge in [-0.25, -0.2) is 9.97 Å². The number of nitrogens with one attached hydrogen (secondary N) is 2. The van der Waals surface area contributed by atoms with Crippen molar-refractivity contribution in [1.29, 1.82) is 0 Å². The Labute approximate surface area is 163 Å². The lowest BCUT2D eigenvalue weighted by Crippen LogP contribution is -2.08. The van der Waals surface area contributed by atoms with Gasteiger partial charge in [0, 0.05) is 19.2 Å². The first-order valence-electron chi connectivity index (χ1n) is 9.11. The molecule has 2 aromatic carbocycles. The number of rotatable bonds is 8. The van der Waals surface area contributed by atoms with E-state index in [1.165, 1.54) is 5.56 Å². The Bertz CT molecular complexity index is 931. The number of fused-ring (bicyclic) bond motifs is 1. The van der Waals surface area contributed by atoms with E-state index in [1.807, 2.05) is 36.4 Å². The summed E-state index contributed by atoms with van der Waals surface area (Å²) < 4.78 is 15.9. The highest BCUT2D eigenvalue weighted by atomic mass is 16.7. The van der Waals surface area contributed by atoms with Crippen LogP contribution in [-0.4, -0.2) is 30.4 Å². The van der Waals surface area contributed by atoms with Crippen LogP contribution in [0.5, 0.6) is 17.2 Å². The fraction of sp³-hybridized carbons (Fsp3) is 0.238. The molecule has 0 unspecified atom stereocenters. The Hall–Kier alpha value is -3.48. The summed E-state index contributed by atoms with van der Waals surface area (Å²) in [6.45, 7) is 1.70. The number of nitrogens with zero attached hydrogens (tertiary/aromatic N) is 2. The van der Waals surface area contributed by atoms with Gasteiger partial charge in [-0.3, -0.25) is 0 Å². The smallest absolute Gasteiger partial charge is 0.231 e. The molecule has 1 aromatic heterocycles. The molecule has 0 fully saturated rings. The Morgan fingerprint density at radius 3 is 2.46 bits per heavy atom. The van der Waals surface area contributed by atoms with E-state index in [0.29, 0.717) is 6.54 Å². The Balaban J connectivity index is 1.28. The van der Waals surface area contributed by atoms with E-state index in [4.69, 9.17) is 14.2 Å². The average Bonchev–Trinajstić information content (AvgIpc) is 3.21. The maximum absolute atomic E-state index is 5.41. The molecule has 0 aliphatic carbocycles. The SMILES string of the molecule is COc1ccc(CCNc2cc(NCc3ccc4c(c3)OCO4)ncn2)cc1. The molecule has 2 N–H and O–H groups in total. The highest BCUT2D eigenvalue weighted by molar-refractivity contribution is 5.48. The van der Waals surface area contributed by atoms with Crippen molar-refractivity contribution in [2.45, 2.75) is 13.0 Å². The summed E-state index contributed by atoms with van der Waals surface area (Å²) in [6, 6.07) is 15.9. The standard InChI is InChI=1S/C21H22N4O3/c1-26-17-5-2-15(3-6-17)8-9-22-20-11-21(25-13-24-20)23-12-16-4-7-18-19(10-16)28-14-27-18/h2-7,10-11,13H,8-9,12,14H2,1H3,(H2,22,23,24,25). The van der Waals surface area contributed by atoms with Crippen LogP contribution < -0.4 is 24.8 Å². The Morgan fingerprint density at radius 1 is 0.893 bits per heavy atom. The number of anilines is 2. The predicted molar refractivity (Wildman–Crippen MR) is 107 cm³/mol. The number of aromatic nitrogens is 2. The molecule has 0 bridgehead atoms. The van der Waals surface area contributed by atoms with E-state index in [1.54, 1.807) is 13.4 Å². The van der Waals surface area contributed by atoms with E-state index in [9.17, 15) is 0 Å². The first-order chi connectivity index (χ1) is 13.8. The van der Waals surface area contributed by atoms with Crippen LogP contribution in [0.15, 0.2) is 54.9 Å². The summed E-state index contributed by atoms with van der Waals surface area (Å²) in [5, 5.41) is 6.65. The average molecular weight is 378 g/mol. The minimum Gasteiger partial charge on any atom is -0.497 e. The lowest BCUT2D eigenvalue weighted by Gasteiger charge is -2.09. The molecule has 1 aliphatic heterocycles. The van der Waals surface area contributed by atoms with Gasteiger partial charge >= 0.3 is 0 Å². The molecule has 2 heterocycles. The van der Waals surface area contributed by atoms with Gasteiger partial charge in [0.2, 0.25) is 6.79 Å². The summed E-state index contributed by atoms with van der Waals surface area (Å²) in [6.07, 6.45) is 2.45. The zero-order chi connectivity index (χ0) is 19.2. The van der Waals surface area contributed by atoms with Crippen molar-refractivity contribution >= 4 is 11.6 Å². The van der Waals surface area contributed by atoms with Crippen LogP contribution in [0.25, 0.3) is 0 Å². The van der Waals surface area contributed by atoms with Crippen LogP contribution in [0.4, 0.5) is 11.6 Å². The molecule has 7 nitrogen and oxygen atoms in total. The van der Waals surface area contributed by atoms with Gasteiger partial charge in [0.25, 0.3) is 0 Å². The minimum atomic E-state index is 0.281. The molecular weight excluding hydrogens is 356 g/mol. The summed E-state index contributed by atoms with van der Waals surface area (Å²) in [4.78, 5) is 8.56. The molecule has 0 saturated heterocycles. The minimum absolute atomic E-state index is 0.281. The van der Waals surface area contributed by atoms with Gasteiger partial charge in [-0.2, -0.15) is 0 Å². The highest BCUT2D eigenvalue weighted by Gasteiger charge is 2.13. The fourth-order valence-electron chi connectivity index (χ4n) is 2.92. The molecule has 3 aromatic rings. The van der Waals surface area contributed by atoms with Crippen molar-refractivity contribution < 1.29 is 14.2 Å². The number of methoxy groups -OCH3 is 1. The van der Waals surface area contributed by atoms with E-state index < -0.39 is 0 Å². The van der Waals surface area contributed by atoms with Gasteiger partial charge in [-0.15, -0.1) is 0 Å². The third-order valence-corrected chi connectivity index (χ3v) is 4.46. The summed E-state index contributed by atoms with van der Waals surface area (Å²) in [5.74, 6) is 3.99.